The summed E-state index contributed by atoms with van der Waals surface area (Å²) in [6.45, 7) is 1.82. The summed E-state index contributed by atoms with van der Waals surface area (Å²) >= 11 is 5.87. The van der Waals surface area contributed by atoms with Crippen LogP contribution in [0.5, 0.6) is 0 Å². The largest absolute Gasteiger partial charge is 0.250 e. The number of halogens is 2. The molecule has 0 saturated carbocycles. The first-order valence-corrected chi connectivity index (χ1v) is 4.27. The Morgan fingerprint density at radius 3 is 2.77 bits per heavy atom. The van der Waals surface area contributed by atoms with E-state index in [1.807, 2.05) is 13.0 Å². The summed E-state index contributed by atoms with van der Waals surface area (Å²) in [7, 11) is 0. The zero-order chi connectivity index (χ0) is 9.42. The van der Waals surface area contributed by atoms with E-state index in [0.717, 1.165) is 5.69 Å². The fourth-order valence-electron chi connectivity index (χ4n) is 1.25. The van der Waals surface area contributed by atoms with Gasteiger partial charge < -0.3 is 0 Å². The molecular weight excluding hydrogens is 189 g/mol. The number of rotatable bonds is 0. The molecule has 0 radical (unpaired) electrons. The van der Waals surface area contributed by atoms with E-state index in [0.29, 0.717) is 15.9 Å². The lowest BCUT2D eigenvalue weighted by molar-refractivity contribution is 0.636. The SMILES string of the molecule is Cc1ccc2c(Cl)ccc(F)c2n1. The van der Waals surface area contributed by atoms with Crippen molar-refractivity contribution in [3.8, 4) is 0 Å². The fourth-order valence-corrected chi connectivity index (χ4v) is 1.46. The molecule has 66 valence electrons. The van der Waals surface area contributed by atoms with Crippen LogP contribution < -0.4 is 0 Å². The molecular formula is C10H7ClFN. The van der Waals surface area contributed by atoms with Crippen LogP contribution in [0.25, 0.3) is 10.9 Å². The van der Waals surface area contributed by atoms with E-state index in [1.165, 1.54) is 12.1 Å². The fraction of sp³-hybridized carbons (Fsp3) is 0.100. The average molecular weight is 196 g/mol. The van der Waals surface area contributed by atoms with Crippen molar-refractivity contribution in [1.29, 1.82) is 0 Å². The van der Waals surface area contributed by atoms with Gasteiger partial charge in [0.1, 0.15) is 11.3 Å². The van der Waals surface area contributed by atoms with Crippen molar-refractivity contribution < 1.29 is 4.39 Å². The molecule has 2 aromatic rings. The van der Waals surface area contributed by atoms with Crippen LogP contribution >= 0.6 is 11.6 Å². The molecule has 0 fully saturated rings. The topological polar surface area (TPSA) is 12.9 Å². The first-order valence-electron chi connectivity index (χ1n) is 3.90. The van der Waals surface area contributed by atoms with Gasteiger partial charge in [0.05, 0.1) is 5.02 Å². The second-order valence-electron chi connectivity index (χ2n) is 2.88. The number of hydrogen-bond donors (Lipinski definition) is 0. The van der Waals surface area contributed by atoms with Crippen molar-refractivity contribution in [3.05, 3.63) is 40.8 Å². The predicted octanol–water partition coefficient (Wildman–Crippen LogP) is 3.34. The maximum absolute atomic E-state index is 13.2. The minimum Gasteiger partial charge on any atom is -0.250 e. The van der Waals surface area contributed by atoms with Crippen LogP contribution in [0.1, 0.15) is 5.69 Å². The molecule has 0 atom stereocenters. The molecule has 0 amide bonds. The Morgan fingerprint density at radius 2 is 2.00 bits per heavy atom. The molecule has 0 unspecified atom stereocenters. The highest BCUT2D eigenvalue weighted by atomic mass is 35.5. The van der Waals surface area contributed by atoms with Crippen LogP contribution in [-0.4, -0.2) is 4.98 Å². The van der Waals surface area contributed by atoms with E-state index in [9.17, 15) is 4.39 Å². The summed E-state index contributed by atoms with van der Waals surface area (Å²) < 4.78 is 13.2. The lowest BCUT2D eigenvalue weighted by Crippen LogP contribution is -1.87. The summed E-state index contributed by atoms with van der Waals surface area (Å²) in [4.78, 5) is 4.08. The molecule has 1 nitrogen and oxygen atoms in total. The average Bonchev–Trinajstić information content (AvgIpc) is 2.12. The minimum atomic E-state index is -0.330. The molecule has 3 heteroatoms. The van der Waals surface area contributed by atoms with Crippen molar-refractivity contribution in [2.24, 2.45) is 0 Å². The van der Waals surface area contributed by atoms with Crippen molar-refractivity contribution >= 4 is 22.5 Å². The maximum Gasteiger partial charge on any atom is 0.149 e. The number of aryl methyl sites for hydroxylation is 1. The third kappa shape index (κ3) is 1.38. The molecule has 0 aliphatic carbocycles. The zero-order valence-corrected chi connectivity index (χ0v) is 7.77. The number of nitrogens with zero attached hydrogens (tertiary/aromatic N) is 1. The first kappa shape index (κ1) is 8.45. The number of aromatic nitrogens is 1. The van der Waals surface area contributed by atoms with E-state index in [-0.39, 0.29) is 5.82 Å². The molecule has 0 bridgehead atoms. The summed E-state index contributed by atoms with van der Waals surface area (Å²) in [5, 5.41) is 1.19. The quantitative estimate of drug-likeness (QED) is 0.628. The van der Waals surface area contributed by atoms with Gasteiger partial charge in [0.25, 0.3) is 0 Å². The van der Waals surface area contributed by atoms with Crippen molar-refractivity contribution in [2.45, 2.75) is 6.92 Å². The summed E-state index contributed by atoms with van der Waals surface area (Å²) in [6, 6.07) is 6.46. The van der Waals surface area contributed by atoms with E-state index in [1.54, 1.807) is 6.07 Å². The molecule has 0 spiro atoms. The Bertz CT molecular complexity index is 468. The molecule has 0 aliphatic rings. The molecule has 0 N–H and O–H groups in total. The van der Waals surface area contributed by atoms with Gasteiger partial charge >= 0.3 is 0 Å². The summed E-state index contributed by atoms with van der Waals surface area (Å²) in [5.41, 5.74) is 1.13. The molecule has 0 saturated heterocycles. The monoisotopic (exact) mass is 195 g/mol. The van der Waals surface area contributed by atoms with E-state index < -0.39 is 0 Å². The molecule has 13 heavy (non-hydrogen) atoms. The van der Waals surface area contributed by atoms with Gasteiger partial charge in [0.15, 0.2) is 0 Å². The van der Waals surface area contributed by atoms with Gasteiger partial charge in [-0.1, -0.05) is 11.6 Å². The maximum atomic E-state index is 13.2. The zero-order valence-electron chi connectivity index (χ0n) is 7.01. The van der Waals surface area contributed by atoms with E-state index >= 15 is 0 Å². The minimum absolute atomic E-state index is 0.330. The highest BCUT2D eigenvalue weighted by molar-refractivity contribution is 6.35. The van der Waals surface area contributed by atoms with Gasteiger partial charge in [-0.2, -0.15) is 0 Å². The van der Waals surface area contributed by atoms with Crippen LogP contribution in [0.3, 0.4) is 0 Å². The number of pyridine rings is 1. The van der Waals surface area contributed by atoms with Gasteiger partial charge in [-0.05, 0) is 31.2 Å². The number of hydrogen-bond acceptors (Lipinski definition) is 1. The van der Waals surface area contributed by atoms with Crippen molar-refractivity contribution in [3.63, 3.8) is 0 Å². The van der Waals surface area contributed by atoms with Gasteiger partial charge in [-0.15, -0.1) is 0 Å². The van der Waals surface area contributed by atoms with Gasteiger partial charge in [0.2, 0.25) is 0 Å². The second kappa shape index (κ2) is 2.96. The van der Waals surface area contributed by atoms with Gasteiger partial charge in [0, 0.05) is 11.1 Å². The molecule has 1 aromatic heterocycles. The molecule has 0 aliphatic heterocycles. The predicted molar refractivity (Wildman–Crippen MR) is 51.4 cm³/mol. The Balaban J connectivity index is 2.92. The third-order valence-electron chi connectivity index (χ3n) is 1.89. The molecule has 2 rings (SSSR count). The van der Waals surface area contributed by atoms with Crippen molar-refractivity contribution in [2.75, 3.05) is 0 Å². The van der Waals surface area contributed by atoms with Crippen LogP contribution in [-0.2, 0) is 0 Å². The Kier molecular flexibility index (Phi) is 1.93. The van der Waals surface area contributed by atoms with Crippen LogP contribution in [0.4, 0.5) is 4.39 Å². The molecule has 1 heterocycles. The Hall–Kier alpha value is -1.15. The summed E-state index contributed by atoms with van der Waals surface area (Å²) in [6.07, 6.45) is 0. The number of benzene rings is 1. The van der Waals surface area contributed by atoms with E-state index in [4.69, 9.17) is 11.6 Å². The van der Waals surface area contributed by atoms with E-state index in [2.05, 4.69) is 4.98 Å². The standard InChI is InChI=1S/C10H7ClFN/c1-6-2-3-7-8(11)4-5-9(12)10(7)13-6/h2-5H,1H3. The second-order valence-corrected chi connectivity index (χ2v) is 3.29. The van der Waals surface area contributed by atoms with Gasteiger partial charge in [-0.3, -0.25) is 0 Å². The lowest BCUT2D eigenvalue weighted by Gasteiger charge is -2.01. The Morgan fingerprint density at radius 1 is 1.23 bits per heavy atom. The van der Waals surface area contributed by atoms with Crippen LogP contribution in [0, 0.1) is 12.7 Å². The first-order chi connectivity index (χ1) is 6.18. The van der Waals surface area contributed by atoms with Gasteiger partial charge in [-0.25, -0.2) is 9.37 Å². The lowest BCUT2D eigenvalue weighted by atomic mass is 10.2. The van der Waals surface area contributed by atoms with Crippen LogP contribution in [0.2, 0.25) is 5.02 Å². The van der Waals surface area contributed by atoms with Crippen LogP contribution in [0.15, 0.2) is 24.3 Å². The Labute approximate surface area is 80.2 Å². The van der Waals surface area contributed by atoms with Crippen molar-refractivity contribution in [1.82, 2.24) is 4.98 Å². The normalized spacial score (nSPS) is 10.7. The third-order valence-corrected chi connectivity index (χ3v) is 2.22. The smallest absolute Gasteiger partial charge is 0.149 e. The highest BCUT2D eigenvalue weighted by Gasteiger charge is 2.05. The molecule has 1 aromatic carbocycles. The number of fused-ring (bicyclic) bond motifs is 1. The summed E-state index contributed by atoms with van der Waals surface area (Å²) in [5.74, 6) is -0.330. The highest BCUT2D eigenvalue weighted by Crippen LogP contribution is 2.24.